The molecule has 6 nitrogen and oxygen atoms in total. The number of ether oxygens (including phenoxy) is 2. The second kappa shape index (κ2) is 8.89. The quantitative estimate of drug-likeness (QED) is 0.566. The van der Waals surface area contributed by atoms with E-state index < -0.39 is 6.10 Å². The molecule has 130 valence electrons. The first-order valence-electron chi connectivity index (χ1n) is 7.56. The van der Waals surface area contributed by atoms with E-state index in [1.165, 1.54) is 11.3 Å². The van der Waals surface area contributed by atoms with Gasteiger partial charge >= 0.3 is 0 Å². The van der Waals surface area contributed by atoms with Gasteiger partial charge in [-0.15, -0.1) is 10.2 Å². The first-order chi connectivity index (χ1) is 11.5. The lowest BCUT2D eigenvalue weighted by atomic mass is 10.3. The van der Waals surface area contributed by atoms with E-state index in [9.17, 15) is 4.79 Å². The molecule has 0 radical (unpaired) electrons. The summed E-state index contributed by atoms with van der Waals surface area (Å²) in [5, 5.41) is 11.3. The number of nitrogens with one attached hydrogen (secondary N) is 1. The predicted octanol–water partition coefficient (Wildman–Crippen LogP) is 3.70. The van der Waals surface area contributed by atoms with Crippen LogP contribution in [0.5, 0.6) is 11.5 Å². The van der Waals surface area contributed by atoms with Gasteiger partial charge in [-0.05, 0) is 25.0 Å². The maximum absolute atomic E-state index is 12.2. The standard InChI is InChI=1S/C16H21N3O3S2/c1-10(2)9-23-16-19-18-15(24-16)17-14(20)11(3)22-13-8-6-5-7-12(13)21-4/h5-8,10-11H,9H2,1-4H3,(H,17,18,20)/t11-/m0/s1. The summed E-state index contributed by atoms with van der Waals surface area (Å²) >= 11 is 3.00. The van der Waals surface area contributed by atoms with E-state index in [2.05, 4.69) is 29.4 Å². The zero-order chi connectivity index (χ0) is 17.5. The maximum atomic E-state index is 12.2. The first kappa shape index (κ1) is 18.5. The second-order valence-electron chi connectivity index (χ2n) is 5.48. The molecule has 0 unspecified atom stereocenters. The lowest BCUT2D eigenvalue weighted by Crippen LogP contribution is -2.30. The highest BCUT2D eigenvalue weighted by atomic mass is 32.2. The molecule has 0 aliphatic rings. The largest absolute Gasteiger partial charge is 0.493 e. The summed E-state index contributed by atoms with van der Waals surface area (Å²) in [6, 6.07) is 7.20. The number of anilines is 1. The number of methoxy groups -OCH3 is 1. The van der Waals surface area contributed by atoms with Gasteiger partial charge in [0.25, 0.3) is 5.91 Å². The molecule has 0 saturated heterocycles. The molecule has 1 atom stereocenters. The number of carbonyl (C=O) groups is 1. The van der Waals surface area contributed by atoms with Gasteiger partial charge in [0.05, 0.1) is 7.11 Å². The second-order valence-corrected chi connectivity index (χ2v) is 7.72. The SMILES string of the molecule is COc1ccccc1O[C@@H](C)C(=O)Nc1nnc(SCC(C)C)s1. The van der Waals surface area contributed by atoms with Gasteiger partial charge in [0.2, 0.25) is 5.13 Å². The van der Waals surface area contributed by atoms with E-state index in [4.69, 9.17) is 9.47 Å². The molecule has 0 spiro atoms. The Morgan fingerprint density at radius 1 is 1.25 bits per heavy atom. The molecule has 0 saturated carbocycles. The Balaban J connectivity index is 1.92. The average Bonchev–Trinajstić information content (AvgIpc) is 3.00. The molecule has 1 N–H and O–H groups in total. The Hall–Kier alpha value is -1.80. The van der Waals surface area contributed by atoms with Crippen LogP contribution in [-0.2, 0) is 4.79 Å². The molecule has 1 heterocycles. The molecule has 2 rings (SSSR count). The number of benzene rings is 1. The van der Waals surface area contributed by atoms with E-state index in [-0.39, 0.29) is 5.91 Å². The predicted molar refractivity (Wildman–Crippen MR) is 97.2 cm³/mol. The van der Waals surface area contributed by atoms with Crippen LogP contribution < -0.4 is 14.8 Å². The van der Waals surface area contributed by atoms with Crippen molar-refractivity contribution in [1.29, 1.82) is 0 Å². The highest BCUT2D eigenvalue weighted by Crippen LogP contribution is 2.28. The van der Waals surface area contributed by atoms with Crippen LogP contribution in [0.15, 0.2) is 28.6 Å². The lowest BCUT2D eigenvalue weighted by Gasteiger charge is -2.15. The van der Waals surface area contributed by atoms with Crippen LogP contribution >= 0.6 is 23.1 Å². The van der Waals surface area contributed by atoms with Crippen molar-refractivity contribution in [2.24, 2.45) is 5.92 Å². The van der Waals surface area contributed by atoms with Crippen LogP contribution in [-0.4, -0.2) is 35.1 Å². The third-order valence-corrected chi connectivity index (χ3v) is 5.32. The fraction of sp³-hybridized carbons (Fsp3) is 0.438. The smallest absolute Gasteiger partial charge is 0.266 e. The summed E-state index contributed by atoms with van der Waals surface area (Å²) < 4.78 is 11.7. The normalized spacial score (nSPS) is 12.0. The van der Waals surface area contributed by atoms with Crippen LogP contribution in [0.2, 0.25) is 0 Å². The minimum atomic E-state index is -0.683. The number of carbonyl (C=O) groups excluding carboxylic acids is 1. The average molecular weight is 367 g/mol. The first-order valence-corrected chi connectivity index (χ1v) is 9.36. The van der Waals surface area contributed by atoms with E-state index in [0.29, 0.717) is 22.5 Å². The molecule has 1 amide bonds. The molecule has 0 fully saturated rings. The monoisotopic (exact) mass is 367 g/mol. The van der Waals surface area contributed by atoms with Crippen molar-refractivity contribution in [3.63, 3.8) is 0 Å². The Morgan fingerprint density at radius 2 is 1.96 bits per heavy atom. The zero-order valence-corrected chi connectivity index (χ0v) is 15.7. The van der Waals surface area contributed by atoms with Crippen LogP contribution in [0.3, 0.4) is 0 Å². The number of nitrogens with zero attached hydrogens (tertiary/aromatic N) is 2. The van der Waals surface area contributed by atoms with Crippen LogP contribution in [0.25, 0.3) is 0 Å². The van der Waals surface area contributed by atoms with E-state index >= 15 is 0 Å². The lowest BCUT2D eigenvalue weighted by molar-refractivity contribution is -0.122. The summed E-state index contributed by atoms with van der Waals surface area (Å²) in [4.78, 5) is 12.2. The summed E-state index contributed by atoms with van der Waals surface area (Å²) in [6.07, 6.45) is -0.683. The molecular weight excluding hydrogens is 346 g/mol. The van der Waals surface area contributed by atoms with Crippen LogP contribution in [0.1, 0.15) is 20.8 Å². The van der Waals surface area contributed by atoms with Gasteiger partial charge in [0.15, 0.2) is 21.9 Å². The fourth-order valence-corrected chi connectivity index (χ4v) is 3.46. The summed E-state index contributed by atoms with van der Waals surface area (Å²) in [5.74, 6) is 2.37. The van der Waals surface area contributed by atoms with Crippen molar-refractivity contribution < 1.29 is 14.3 Å². The zero-order valence-electron chi connectivity index (χ0n) is 14.1. The summed E-state index contributed by atoms with van der Waals surface area (Å²) in [7, 11) is 1.56. The van der Waals surface area contributed by atoms with Crippen LogP contribution in [0.4, 0.5) is 5.13 Å². The molecule has 1 aromatic carbocycles. The summed E-state index contributed by atoms with van der Waals surface area (Å²) in [5.41, 5.74) is 0. The molecular formula is C16H21N3O3S2. The van der Waals surface area contributed by atoms with Gasteiger partial charge in [-0.3, -0.25) is 10.1 Å². The van der Waals surface area contributed by atoms with Crippen molar-refractivity contribution >= 4 is 34.1 Å². The number of thioether (sulfide) groups is 1. The number of aromatic nitrogens is 2. The minimum absolute atomic E-state index is 0.280. The molecule has 8 heteroatoms. The van der Waals surface area contributed by atoms with Crippen molar-refractivity contribution in [3.8, 4) is 11.5 Å². The van der Waals surface area contributed by atoms with Gasteiger partial charge < -0.3 is 9.47 Å². The van der Waals surface area contributed by atoms with Gasteiger partial charge in [-0.25, -0.2) is 0 Å². The third-order valence-electron chi connectivity index (χ3n) is 2.92. The Kier molecular flexibility index (Phi) is 6.86. The Morgan fingerprint density at radius 3 is 2.62 bits per heavy atom. The Bertz CT molecular complexity index is 676. The van der Waals surface area contributed by atoms with Crippen molar-refractivity contribution in [2.45, 2.75) is 31.2 Å². The highest BCUT2D eigenvalue weighted by molar-refractivity contribution is 8.01. The van der Waals surface area contributed by atoms with E-state index in [1.54, 1.807) is 37.9 Å². The Labute approximate surface area is 150 Å². The van der Waals surface area contributed by atoms with Gasteiger partial charge in [-0.2, -0.15) is 0 Å². The molecule has 0 aliphatic heterocycles. The highest BCUT2D eigenvalue weighted by Gasteiger charge is 2.18. The van der Waals surface area contributed by atoms with Crippen molar-refractivity contribution in [3.05, 3.63) is 24.3 Å². The topological polar surface area (TPSA) is 73.3 Å². The van der Waals surface area contributed by atoms with Crippen molar-refractivity contribution in [2.75, 3.05) is 18.2 Å². The number of hydrogen-bond donors (Lipinski definition) is 1. The minimum Gasteiger partial charge on any atom is -0.493 e. The number of amides is 1. The number of hydrogen-bond acceptors (Lipinski definition) is 7. The molecule has 1 aromatic heterocycles. The van der Waals surface area contributed by atoms with Gasteiger partial charge in [0.1, 0.15) is 0 Å². The van der Waals surface area contributed by atoms with Crippen LogP contribution in [0, 0.1) is 5.92 Å². The van der Waals surface area contributed by atoms with E-state index in [0.717, 1.165) is 10.1 Å². The third kappa shape index (κ3) is 5.38. The molecule has 0 bridgehead atoms. The maximum Gasteiger partial charge on any atom is 0.266 e. The van der Waals surface area contributed by atoms with Crippen molar-refractivity contribution in [1.82, 2.24) is 10.2 Å². The molecule has 0 aliphatic carbocycles. The summed E-state index contributed by atoms with van der Waals surface area (Å²) in [6.45, 7) is 5.97. The number of rotatable bonds is 8. The van der Waals surface area contributed by atoms with Gasteiger partial charge in [0, 0.05) is 5.75 Å². The fourth-order valence-electron chi connectivity index (χ4n) is 1.72. The van der Waals surface area contributed by atoms with Gasteiger partial charge in [-0.1, -0.05) is 49.1 Å². The van der Waals surface area contributed by atoms with E-state index in [1.807, 2.05) is 12.1 Å². The molecule has 24 heavy (non-hydrogen) atoms. The molecule has 2 aromatic rings. The number of para-hydroxylation sites is 2.